The molecule has 2 atom stereocenters. The number of nitrogens with two attached hydrogens (primary N) is 2. The Kier molecular flexibility index (Phi) is 7.64. The van der Waals surface area contributed by atoms with Crippen LogP contribution in [-0.4, -0.2) is 65.8 Å². The van der Waals surface area contributed by atoms with Gasteiger partial charge in [0.1, 0.15) is 17.7 Å². The van der Waals surface area contributed by atoms with Crippen molar-refractivity contribution in [1.29, 1.82) is 0 Å². The number of carbonyl (C=O) groups is 1. The van der Waals surface area contributed by atoms with Gasteiger partial charge < -0.3 is 30.7 Å². The number of primary sulfonamides is 1. The fourth-order valence-corrected chi connectivity index (χ4v) is 4.77. The Balaban J connectivity index is 1.46. The van der Waals surface area contributed by atoms with Gasteiger partial charge in [0.15, 0.2) is 0 Å². The number of aromatic nitrogens is 1. The zero-order valence-electron chi connectivity index (χ0n) is 20.3. The predicted octanol–water partition coefficient (Wildman–Crippen LogP) is 1.02. The first-order chi connectivity index (χ1) is 17.5. The smallest absolute Gasteiger partial charge is 0.352 e. The summed E-state index contributed by atoms with van der Waals surface area (Å²) < 4.78 is 24.7. The number of carboxylic acids is 1. The molecule has 0 aliphatic carbocycles. The van der Waals surface area contributed by atoms with Crippen LogP contribution in [0.5, 0.6) is 0 Å². The van der Waals surface area contributed by atoms with E-state index in [0.717, 1.165) is 22.0 Å². The highest BCUT2D eigenvalue weighted by Gasteiger charge is 2.18. The third-order valence-corrected chi connectivity index (χ3v) is 7.15. The molecule has 3 aromatic rings. The number of carboxylic acid groups (broad SMARTS) is 1. The molecule has 1 aliphatic heterocycles. The molecule has 2 heterocycles. The van der Waals surface area contributed by atoms with Gasteiger partial charge in [0, 0.05) is 36.6 Å². The maximum atomic E-state index is 12.0. The molecule has 0 spiro atoms. The zero-order valence-corrected chi connectivity index (χ0v) is 21.1. The minimum absolute atomic E-state index is 0.00226. The monoisotopic (exact) mass is 526 g/mol. The van der Waals surface area contributed by atoms with E-state index < -0.39 is 22.2 Å². The molecule has 12 heteroatoms. The van der Waals surface area contributed by atoms with Crippen molar-refractivity contribution in [3.8, 4) is 0 Å². The summed E-state index contributed by atoms with van der Waals surface area (Å²) in [4.78, 5) is 17.6. The number of aliphatic hydroxyl groups is 1. The summed E-state index contributed by atoms with van der Waals surface area (Å²) in [5, 5.41) is 29.4. The number of hydrogen-bond acceptors (Lipinski definition) is 8. The highest BCUT2D eigenvalue weighted by Crippen LogP contribution is 2.24. The molecule has 7 N–H and O–H groups in total. The number of aliphatic imine (C=N–C) groups is 1. The number of aromatic carboxylic acids is 1. The Morgan fingerprint density at radius 2 is 1.86 bits per heavy atom. The van der Waals surface area contributed by atoms with E-state index in [1.165, 1.54) is 18.5 Å². The maximum Gasteiger partial charge on any atom is 0.352 e. The number of hydrogen-bond donors (Lipinski definition) is 5. The third kappa shape index (κ3) is 6.35. The topological polar surface area (TPSA) is 176 Å². The van der Waals surface area contributed by atoms with Gasteiger partial charge in [-0.2, -0.15) is 0 Å². The quantitative estimate of drug-likeness (QED) is 0.260. The number of rotatable bonds is 10. The fourth-order valence-electron chi connectivity index (χ4n) is 4.25. The van der Waals surface area contributed by atoms with Crippen molar-refractivity contribution in [2.45, 2.75) is 37.1 Å². The van der Waals surface area contributed by atoms with Crippen LogP contribution in [0.4, 0.5) is 0 Å². The molecular formula is C25H30N6O5S. The Hall–Kier alpha value is -3.71. The van der Waals surface area contributed by atoms with Gasteiger partial charge in [-0.15, -0.1) is 0 Å². The van der Waals surface area contributed by atoms with Crippen LogP contribution in [0.2, 0.25) is 0 Å². The second kappa shape index (κ2) is 10.7. The summed E-state index contributed by atoms with van der Waals surface area (Å²) in [6.45, 7) is 3.10. The minimum Gasteiger partial charge on any atom is -0.477 e. The lowest BCUT2D eigenvalue weighted by Gasteiger charge is -2.27. The molecule has 11 nitrogen and oxygen atoms in total. The highest BCUT2D eigenvalue weighted by molar-refractivity contribution is 7.89. The van der Waals surface area contributed by atoms with Crippen molar-refractivity contribution in [1.82, 2.24) is 14.8 Å². The summed E-state index contributed by atoms with van der Waals surface area (Å²) >= 11 is 0. The Bertz CT molecular complexity index is 1460. The molecule has 2 unspecified atom stereocenters. The van der Waals surface area contributed by atoms with E-state index >= 15 is 0 Å². The van der Waals surface area contributed by atoms with Crippen molar-refractivity contribution in [2.75, 3.05) is 13.1 Å². The average Bonchev–Trinajstić information content (AvgIpc) is 3.20. The molecule has 0 bridgehead atoms. The van der Waals surface area contributed by atoms with Crippen LogP contribution in [0.15, 0.2) is 70.3 Å². The van der Waals surface area contributed by atoms with Crippen LogP contribution in [0.25, 0.3) is 10.9 Å². The second-order valence-corrected chi connectivity index (χ2v) is 10.6. The normalized spacial score (nSPS) is 15.5. The summed E-state index contributed by atoms with van der Waals surface area (Å²) in [6.07, 6.45) is 3.19. The lowest BCUT2D eigenvalue weighted by Crippen LogP contribution is -2.45. The molecule has 2 aromatic carbocycles. The van der Waals surface area contributed by atoms with Gasteiger partial charge in [-0.25, -0.2) is 23.3 Å². The first kappa shape index (κ1) is 26.4. The molecule has 0 radical (unpaired) electrons. The maximum absolute atomic E-state index is 12.0. The largest absolute Gasteiger partial charge is 0.477 e. The molecule has 4 rings (SSSR count). The van der Waals surface area contributed by atoms with Crippen LogP contribution in [0.3, 0.4) is 0 Å². The molecule has 196 valence electrons. The first-order valence-electron chi connectivity index (χ1n) is 11.7. The van der Waals surface area contributed by atoms with E-state index in [0.29, 0.717) is 25.3 Å². The Labute approximate surface area is 214 Å². The predicted molar refractivity (Wildman–Crippen MR) is 140 cm³/mol. The van der Waals surface area contributed by atoms with Gasteiger partial charge >= 0.3 is 5.97 Å². The Morgan fingerprint density at radius 3 is 2.49 bits per heavy atom. The fraction of sp³-hybridized carbons (Fsp3) is 0.280. The third-order valence-electron chi connectivity index (χ3n) is 6.22. The number of fused-ring (bicyclic) bond motifs is 1. The Morgan fingerprint density at radius 1 is 1.16 bits per heavy atom. The number of sulfonamides is 1. The lowest BCUT2D eigenvalue weighted by molar-refractivity contribution is 0.0606. The summed E-state index contributed by atoms with van der Waals surface area (Å²) in [7, 11) is -3.80. The average molecular weight is 527 g/mol. The summed E-state index contributed by atoms with van der Waals surface area (Å²) in [5.41, 5.74) is 8.26. The van der Waals surface area contributed by atoms with E-state index in [4.69, 9.17) is 10.9 Å². The van der Waals surface area contributed by atoms with Crippen molar-refractivity contribution in [3.63, 3.8) is 0 Å². The SMILES string of the molecule is CC(Cc1ccc2c(c1)cc(C(=O)O)n2Cc1ccc(S(N)(=O)=O)cc1)NCC(O)N1C=NC(N)=CC1. The van der Waals surface area contributed by atoms with E-state index in [1.807, 2.05) is 25.1 Å². The summed E-state index contributed by atoms with van der Waals surface area (Å²) in [6, 6.07) is 13.5. The van der Waals surface area contributed by atoms with Crippen LogP contribution < -0.4 is 16.2 Å². The van der Waals surface area contributed by atoms with E-state index in [1.54, 1.807) is 33.7 Å². The molecule has 0 saturated heterocycles. The lowest BCUT2D eigenvalue weighted by atomic mass is 10.1. The van der Waals surface area contributed by atoms with Gasteiger partial charge in [0.05, 0.1) is 11.2 Å². The van der Waals surface area contributed by atoms with Gasteiger partial charge in [-0.1, -0.05) is 18.2 Å². The second-order valence-electron chi connectivity index (χ2n) is 9.07. The number of nitrogens with zero attached hydrogens (tertiary/aromatic N) is 3. The van der Waals surface area contributed by atoms with Gasteiger partial charge in [-0.3, -0.25) is 0 Å². The highest BCUT2D eigenvalue weighted by atomic mass is 32.2. The van der Waals surface area contributed by atoms with Crippen molar-refractivity contribution in [3.05, 3.63) is 77.2 Å². The van der Waals surface area contributed by atoms with Crippen LogP contribution in [-0.2, 0) is 23.0 Å². The van der Waals surface area contributed by atoms with Gasteiger partial charge in [0.2, 0.25) is 10.0 Å². The molecule has 1 aromatic heterocycles. The van der Waals surface area contributed by atoms with Crippen LogP contribution >= 0.6 is 0 Å². The van der Waals surface area contributed by atoms with Crippen LogP contribution in [0, 0.1) is 0 Å². The van der Waals surface area contributed by atoms with Crippen molar-refractivity contribution < 1.29 is 23.4 Å². The van der Waals surface area contributed by atoms with E-state index in [9.17, 15) is 23.4 Å². The standard InChI is InChI=1S/C25H30N6O5S/c1-16(28-13-24(32)30-9-8-23(26)29-15-30)10-18-4-7-21-19(11-18)12-22(25(33)34)31(21)14-17-2-5-20(6-3-17)37(27,35)36/h2-8,11-12,15-16,24,28,32H,9-10,13-14,26H2,1H3,(H,33,34)(H2,27,35,36). The number of nitrogens with one attached hydrogen (secondary N) is 1. The number of aliphatic hydroxyl groups excluding tert-OH is 1. The molecule has 1 aliphatic rings. The van der Waals surface area contributed by atoms with Crippen molar-refractivity contribution >= 4 is 33.2 Å². The molecule has 0 saturated carbocycles. The molecule has 0 amide bonds. The molecular weight excluding hydrogens is 496 g/mol. The first-order valence-corrected chi connectivity index (χ1v) is 13.2. The van der Waals surface area contributed by atoms with Gasteiger partial charge in [-0.05, 0) is 60.9 Å². The van der Waals surface area contributed by atoms with Crippen LogP contribution in [0.1, 0.15) is 28.5 Å². The van der Waals surface area contributed by atoms with Gasteiger partial charge in [0.25, 0.3) is 0 Å². The number of benzene rings is 2. The zero-order chi connectivity index (χ0) is 26.7. The van der Waals surface area contributed by atoms with E-state index in [2.05, 4.69) is 10.3 Å². The summed E-state index contributed by atoms with van der Waals surface area (Å²) in [5.74, 6) is -0.624. The van der Waals surface area contributed by atoms with Crippen molar-refractivity contribution in [2.24, 2.45) is 15.9 Å². The minimum atomic E-state index is -3.80. The molecule has 0 fully saturated rings. The molecule has 37 heavy (non-hydrogen) atoms. The van der Waals surface area contributed by atoms with E-state index in [-0.39, 0.29) is 23.2 Å².